The molecule has 14 heavy (non-hydrogen) atoms. The van der Waals surface area contributed by atoms with Crippen LogP contribution < -0.4 is 0 Å². The van der Waals surface area contributed by atoms with Gasteiger partial charge in [-0.1, -0.05) is 27.7 Å². The summed E-state index contributed by atoms with van der Waals surface area (Å²) in [6.07, 6.45) is 1.42. The van der Waals surface area contributed by atoms with Crippen LogP contribution in [0, 0.1) is 5.41 Å². The summed E-state index contributed by atoms with van der Waals surface area (Å²) >= 11 is 1.59. The molecule has 0 aliphatic rings. The predicted octanol–water partition coefficient (Wildman–Crippen LogP) is 2.86. The minimum absolute atomic E-state index is 0.252. The third-order valence-electron chi connectivity index (χ3n) is 2.11. The zero-order valence-corrected chi connectivity index (χ0v) is 10.1. The van der Waals surface area contributed by atoms with Gasteiger partial charge in [0, 0.05) is 10.8 Å². The van der Waals surface area contributed by atoms with Gasteiger partial charge in [-0.05, 0) is 6.42 Å². The van der Waals surface area contributed by atoms with Crippen molar-refractivity contribution in [2.75, 3.05) is 0 Å². The lowest BCUT2D eigenvalue weighted by Crippen LogP contribution is -2.21. The number of thiazole rings is 1. The first-order chi connectivity index (χ1) is 6.43. The highest BCUT2D eigenvalue weighted by molar-refractivity contribution is 7.09. The standard InChI is InChI=1S/C11H17NOS/c1-5-8-7-14-10(12-8)6-9(13)11(2,3)4/h7H,5-6H2,1-4H3. The van der Waals surface area contributed by atoms with Crippen molar-refractivity contribution >= 4 is 17.1 Å². The molecule has 78 valence electrons. The number of ketones is 1. The summed E-state index contributed by atoms with van der Waals surface area (Å²) in [5, 5.41) is 2.98. The van der Waals surface area contributed by atoms with Gasteiger partial charge in [0.1, 0.15) is 10.8 Å². The molecule has 1 aromatic rings. The van der Waals surface area contributed by atoms with Crippen LogP contribution in [0.2, 0.25) is 0 Å². The second kappa shape index (κ2) is 4.22. The minimum atomic E-state index is -0.252. The van der Waals surface area contributed by atoms with Crippen molar-refractivity contribution in [1.29, 1.82) is 0 Å². The molecule has 0 spiro atoms. The Morgan fingerprint density at radius 3 is 2.57 bits per heavy atom. The lowest BCUT2D eigenvalue weighted by Gasteiger charge is -2.15. The lowest BCUT2D eigenvalue weighted by atomic mass is 9.89. The number of nitrogens with zero attached hydrogens (tertiary/aromatic N) is 1. The Hall–Kier alpha value is -0.700. The molecular formula is C11H17NOS. The molecule has 0 bridgehead atoms. The molecule has 0 aliphatic carbocycles. The van der Waals surface area contributed by atoms with E-state index in [2.05, 4.69) is 11.9 Å². The summed E-state index contributed by atoms with van der Waals surface area (Å²) in [6, 6.07) is 0. The molecule has 0 aromatic carbocycles. The third kappa shape index (κ3) is 2.91. The van der Waals surface area contributed by atoms with Crippen molar-refractivity contribution in [3.05, 3.63) is 16.1 Å². The SMILES string of the molecule is CCc1csc(CC(=O)C(C)(C)C)n1. The Morgan fingerprint density at radius 1 is 1.50 bits per heavy atom. The van der Waals surface area contributed by atoms with Gasteiger partial charge in [0.25, 0.3) is 0 Å². The molecule has 0 saturated heterocycles. The summed E-state index contributed by atoms with van der Waals surface area (Å²) in [6.45, 7) is 7.92. The Bertz CT molecular complexity index is 322. The van der Waals surface area contributed by atoms with E-state index in [0.717, 1.165) is 17.1 Å². The monoisotopic (exact) mass is 211 g/mol. The largest absolute Gasteiger partial charge is 0.299 e. The van der Waals surface area contributed by atoms with Crippen molar-refractivity contribution in [2.45, 2.75) is 40.5 Å². The number of hydrogen-bond donors (Lipinski definition) is 0. The van der Waals surface area contributed by atoms with E-state index >= 15 is 0 Å². The topological polar surface area (TPSA) is 30.0 Å². The molecule has 3 heteroatoms. The quantitative estimate of drug-likeness (QED) is 0.769. The molecule has 1 rings (SSSR count). The average molecular weight is 211 g/mol. The summed E-state index contributed by atoms with van der Waals surface area (Å²) in [5.41, 5.74) is 0.838. The zero-order valence-electron chi connectivity index (χ0n) is 9.26. The van der Waals surface area contributed by atoms with Gasteiger partial charge in [-0.15, -0.1) is 11.3 Å². The van der Waals surface area contributed by atoms with Crippen molar-refractivity contribution in [2.24, 2.45) is 5.41 Å². The Morgan fingerprint density at radius 2 is 2.14 bits per heavy atom. The number of rotatable bonds is 3. The van der Waals surface area contributed by atoms with E-state index in [-0.39, 0.29) is 11.2 Å². The summed E-state index contributed by atoms with van der Waals surface area (Å²) in [7, 11) is 0. The first kappa shape index (κ1) is 11.4. The van der Waals surface area contributed by atoms with Crippen LogP contribution in [0.1, 0.15) is 38.4 Å². The fourth-order valence-corrected chi connectivity index (χ4v) is 1.87. The second-order valence-electron chi connectivity index (χ2n) is 4.44. The van der Waals surface area contributed by atoms with Crippen molar-refractivity contribution < 1.29 is 4.79 Å². The highest BCUT2D eigenvalue weighted by Crippen LogP contribution is 2.19. The van der Waals surface area contributed by atoms with Crippen LogP contribution in [0.3, 0.4) is 0 Å². The van der Waals surface area contributed by atoms with Crippen LogP contribution in [0.5, 0.6) is 0 Å². The van der Waals surface area contributed by atoms with Crippen molar-refractivity contribution in [3.8, 4) is 0 Å². The Balaban J connectivity index is 2.65. The van der Waals surface area contributed by atoms with Crippen LogP contribution in [-0.4, -0.2) is 10.8 Å². The number of aryl methyl sites for hydroxylation is 1. The molecule has 0 amide bonds. The lowest BCUT2D eigenvalue weighted by molar-refractivity contribution is -0.125. The Kier molecular flexibility index (Phi) is 3.43. The van der Waals surface area contributed by atoms with Crippen molar-refractivity contribution in [3.63, 3.8) is 0 Å². The number of carbonyl (C=O) groups is 1. The minimum Gasteiger partial charge on any atom is -0.299 e. The van der Waals surface area contributed by atoms with Gasteiger partial charge in [-0.2, -0.15) is 0 Å². The van der Waals surface area contributed by atoms with Crippen LogP contribution in [0.4, 0.5) is 0 Å². The fourth-order valence-electron chi connectivity index (χ4n) is 0.995. The normalized spacial score (nSPS) is 11.7. The van der Waals surface area contributed by atoms with E-state index in [9.17, 15) is 4.79 Å². The van der Waals surface area contributed by atoms with E-state index in [1.165, 1.54) is 0 Å². The predicted molar refractivity (Wildman–Crippen MR) is 59.7 cm³/mol. The maximum absolute atomic E-state index is 11.7. The van der Waals surface area contributed by atoms with E-state index in [0.29, 0.717) is 6.42 Å². The summed E-state index contributed by atoms with van der Waals surface area (Å²) in [5.74, 6) is 0.259. The summed E-state index contributed by atoms with van der Waals surface area (Å²) in [4.78, 5) is 16.1. The fraction of sp³-hybridized carbons (Fsp3) is 0.636. The molecule has 1 heterocycles. The number of Topliss-reactive ketones (excluding diaryl/α,β-unsaturated/α-hetero) is 1. The maximum atomic E-state index is 11.7. The molecule has 0 radical (unpaired) electrons. The van der Waals surface area contributed by atoms with Crippen molar-refractivity contribution in [1.82, 2.24) is 4.98 Å². The molecule has 0 saturated carbocycles. The van der Waals surface area contributed by atoms with E-state index in [4.69, 9.17) is 0 Å². The zero-order chi connectivity index (χ0) is 10.8. The molecule has 0 N–H and O–H groups in total. The molecule has 0 aliphatic heterocycles. The van der Waals surface area contributed by atoms with Crippen LogP contribution in [0.25, 0.3) is 0 Å². The van der Waals surface area contributed by atoms with Gasteiger partial charge < -0.3 is 0 Å². The van der Waals surface area contributed by atoms with Gasteiger partial charge in [0.2, 0.25) is 0 Å². The second-order valence-corrected chi connectivity index (χ2v) is 5.38. The first-order valence-corrected chi connectivity index (χ1v) is 5.78. The average Bonchev–Trinajstić information content (AvgIpc) is 2.50. The van der Waals surface area contributed by atoms with Crippen LogP contribution in [-0.2, 0) is 17.6 Å². The number of aromatic nitrogens is 1. The third-order valence-corrected chi connectivity index (χ3v) is 3.01. The van der Waals surface area contributed by atoms with E-state index in [1.807, 2.05) is 26.2 Å². The van der Waals surface area contributed by atoms with Crippen LogP contribution >= 0.6 is 11.3 Å². The van der Waals surface area contributed by atoms with Gasteiger partial charge in [-0.3, -0.25) is 4.79 Å². The first-order valence-electron chi connectivity index (χ1n) is 4.90. The van der Waals surface area contributed by atoms with Gasteiger partial charge in [0.15, 0.2) is 0 Å². The van der Waals surface area contributed by atoms with Gasteiger partial charge in [-0.25, -0.2) is 4.98 Å². The molecule has 0 atom stereocenters. The van der Waals surface area contributed by atoms with Gasteiger partial charge in [0.05, 0.1) is 12.1 Å². The summed E-state index contributed by atoms with van der Waals surface area (Å²) < 4.78 is 0. The molecule has 0 unspecified atom stereocenters. The molecule has 0 fully saturated rings. The van der Waals surface area contributed by atoms with Crippen LogP contribution in [0.15, 0.2) is 5.38 Å². The highest BCUT2D eigenvalue weighted by Gasteiger charge is 2.22. The number of carbonyl (C=O) groups excluding carboxylic acids is 1. The smallest absolute Gasteiger partial charge is 0.144 e. The maximum Gasteiger partial charge on any atom is 0.144 e. The van der Waals surface area contributed by atoms with E-state index in [1.54, 1.807) is 11.3 Å². The van der Waals surface area contributed by atoms with E-state index < -0.39 is 0 Å². The van der Waals surface area contributed by atoms with Gasteiger partial charge >= 0.3 is 0 Å². The molecular weight excluding hydrogens is 194 g/mol. The highest BCUT2D eigenvalue weighted by atomic mass is 32.1. The molecule has 1 aromatic heterocycles. The Labute approximate surface area is 89.4 Å². The number of hydrogen-bond acceptors (Lipinski definition) is 3. The molecule has 2 nitrogen and oxygen atoms in total.